The fourth-order valence-electron chi connectivity index (χ4n) is 2.63. The molecule has 2 amide bonds. The zero-order chi connectivity index (χ0) is 19.4. The first-order valence-corrected chi connectivity index (χ1v) is 10.5. The molecule has 142 valence electrons. The molecule has 4 nitrogen and oxygen atoms in total. The quantitative estimate of drug-likeness (QED) is 0.529. The van der Waals surface area contributed by atoms with Crippen molar-refractivity contribution in [1.82, 2.24) is 5.32 Å². The van der Waals surface area contributed by atoms with Crippen molar-refractivity contribution in [2.75, 3.05) is 5.32 Å². The van der Waals surface area contributed by atoms with E-state index >= 15 is 0 Å². The standard InChI is InChI=1S/C21H24N2O2S2/c1-21(2,3)15-4-6-16(7-5-15)23-20(25)22-12-17-8-9-18(27-17)19(24)14-10-11-26-13-14/h4-11,13,19,24H,12H2,1-3H3,(H2,22,23,25). The molecule has 1 atom stereocenters. The summed E-state index contributed by atoms with van der Waals surface area (Å²) in [5, 5.41) is 20.0. The van der Waals surface area contributed by atoms with Gasteiger partial charge in [0.1, 0.15) is 6.10 Å². The summed E-state index contributed by atoms with van der Waals surface area (Å²) in [6.07, 6.45) is -0.606. The number of anilines is 1. The van der Waals surface area contributed by atoms with Crippen molar-refractivity contribution in [2.24, 2.45) is 0 Å². The zero-order valence-electron chi connectivity index (χ0n) is 15.7. The van der Waals surface area contributed by atoms with Crippen molar-refractivity contribution in [3.63, 3.8) is 0 Å². The lowest BCUT2D eigenvalue weighted by molar-refractivity contribution is 0.224. The van der Waals surface area contributed by atoms with Gasteiger partial charge >= 0.3 is 6.03 Å². The average molecular weight is 401 g/mol. The zero-order valence-corrected chi connectivity index (χ0v) is 17.3. The van der Waals surface area contributed by atoms with Gasteiger partial charge in [-0.15, -0.1) is 11.3 Å². The number of carbonyl (C=O) groups excluding carboxylic acids is 1. The van der Waals surface area contributed by atoms with Crippen LogP contribution in [0.15, 0.2) is 53.2 Å². The summed E-state index contributed by atoms with van der Waals surface area (Å²) in [6.45, 7) is 6.90. The van der Waals surface area contributed by atoms with Gasteiger partial charge in [0, 0.05) is 15.4 Å². The first-order chi connectivity index (χ1) is 12.8. The summed E-state index contributed by atoms with van der Waals surface area (Å²) in [7, 11) is 0. The summed E-state index contributed by atoms with van der Waals surface area (Å²) in [5.74, 6) is 0. The molecule has 0 aliphatic carbocycles. The fourth-order valence-corrected chi connectivity index (χ4v) is 4.27. The van der Waals surface area contributed by atoms with Crippen molar-refractivity contribution in [3.8, 4) is 0 Å². The molecular weight excluding hydrogens is 376 g/mol. The maximum Gasteiger partial charge on any atom is 0.319 e. The van der Waals surface area contributed by atoms with Gasteiger partial charge in [0.25, 0.3) is 0 Å². The summed E-state index contributed by atoms with van der Waals surface area (Å²) in [6, 6.07) is 13.4. The fraction of sp³-hybridized carbons (Fsp3) is 0.286. The molecular formula is C21H24N2O2S2. The lowest BCUT2D eigenvalue weighted by Crippen LogP contribution is -2.27. The van der Waals surface area contributed by atoms with E-state index in [0.717, 1.165) is 21.0 Å². The van der Waals surface area contributed by atoms with Gasteiger partial charge in [0.05, 0.1) is 6.54 Å². The van der Waals surface area contributed by atoms with Gasteiger partial charge in [-0.3, -0.25) is 0 Å². The Bertz CT molecular complexity index is 878. The van der Waals surface area contributed by atoms with E-state index in [-0.39, 0.29) is 11.4 Å². The highest BCUT2D eigenvalue weighted by Gasteiger charge is 2.15. The number of aliphatic hydroxyl groups excluding tert-OH is 1. The van der Waals surface area contributed by atoms with Crippen molar-refractivity contribution < 1.29 is 9.90 Å². The molecule has 0 spiro atoms. The van der Waals surface area contributed by atoms with Gasteiger partial charge < -0.3 is 15.7 Å². The first kappa shape index (κ1) is 19.6. The molecule has 1 aromatic carbocycles. The molecule has 6 heteroatoms. The van der Waals surface area contributed by atoms with Crippen molar-refractivity contribution in [1.29, 1.82) is 0 Å². The summed E-state index contributed by atoms with van der Waals surface area (Å²) < 4.78 is 0. The predicted molar refractivity (Wildman–Crippen MR) is 114 cm³/mol. The van der Waals surface area contributed by atoms with Crippen LogP contribution in [0.5, 0.6) is 0 Å². The topological polar surface area (TPSA) is 61.4 Å². The molecule has 0 radical (unpaired) electrons. The lowest BCUT2D eigenvalue weighted by Gasteiger charge is -2.19. The highest BCUT2D eigenvalue weighted by atomic mass is 32.1. The predicted octanol–water partition coefficient (Wildman–Crippen LogP) is 5.51. The number of nitrogens with one attached hydrogen (secondary N) is 2. The van der Waals surface area contributed by atoms with Crippen LogP contribution in [-0.2, 0) is 12.0 Å². The molecule has 3 N–H and O–H groups in total. The Morgan fingerprint density at radius 2 is 1.85 bits per heavy atom. The molecule has 3 aromatic rings. The minimum atomic E-state index is -0.606. The molecule has 0 saturated carbocycles. The molecule has 3 rings (SSSR count). The van der Waals surface area contributed by atoms with Crippen molar-refractivity contribution in [2.45, 2.75) is 38.8 Å². The summed E-state index contributed by atoms with van der Waals surface area (Å²) >= 11 is 3.07. The third-order valence-electron chi connectivity index (χ3n) is 4.24. The number of carbonyl (C=O) groups is 1. The Balaban J connectivity index is 1.52. The van der Waals surface area contributed by atoms with Crippen LogP contribution in [0.25, 0.3) is 0 Å². The Morgan fingerprint density at radius 3 is 2.48 bits per heavy atom. The van der Waals surface area contributed by atoms with E-state index < -0.39 is 6.10 Å². The van der Waals surface area contributed by atoms with Gasteiger partial charge in [-0.2, -0.15) is 11.3 Å². The number of hydrogen-bond acceptors (Lipinski definition) is 4. The van der Waals surface area contributed by atoms with E-state index in [9.17, 15) is 9.90 Å². The molecule has 0 saturated heterocycles. The van der Waals surface area contributed by atoms with Crippen LogP contribution in [-0.4, -0.2) is 11.1 Å². The maximum absolute atomic E-state index is 12.1. The average Bonchev–Trinajstić information content (AvgIpc) is 3.31. The molecule has 0 bridgehead atoms. The molecule has 1 unspecified atom stereocenters. The van der Waals surface area contributed by atoms with Crippen LogP contribution in [0.3, 0.4) is 0 Å². The smallest absolute Gasteiger partial charge is 0.319 e. The van der Waals surface area contributed by atoms with Gasteiger partial charge in [-0.05, 0) is 57.6 Å². The second-order valence-corrected chi connectivity index (χ2v) is 9.38. The molecule has 0 aliphatic heterocycles. The number of urea groups is 1. The van der Waals surface area contributed by atoms with Crippen LogP contribution < -0.4 is 10.6 Å². The van der Waals surface area contributed by atoms with E-state index in [1.165, 1.54) is 16.9 Å². The second-order valence-electron chi connectivity index (χ2n) is 7.40. The van der Waals surface area contributed by atoms with Gasteiger partial charge in [-0.1, -0.05) is 32.9 Å². The molecule has 27 heavy (non-hydrogen) atoms. The van der Waals surface area contributed by atoms with Gasteiger partial charge in [-0.25, -0.2) is 4.79 Å². The normalized spacial score (nSPS) is 12.6. The highest BCUT2D eigenvalue weighted by Crippen LogP contribution is 2.29. The lowest BCUT2D eigenvalue weighted by atomic mass is 9.87. The number of thiophene rings is 2. The van der Waals surface area contributed by atoms with E-state index in [1.807, 2.05) is 53.2 Å². The minimum Gasteiger partial charge on any atom is -0.383 e. The first-order valence-electron chi connectivity index (χ1n) is 8.77. The van der Waals surface area contributed by atoms with E-state index in [2.05, 4.69) is 31.4 Å². The number of amides is 2. The maximum atomic E-state index is 12.1. The Morgan fingerprint density at radius 1 is 1.11 bits per heavy atom. The molecule has 2 aromatic heterocycles. The number of aliphatic hydroxyl groups is 1. The summed E-state index contributed by atoms with van der Waals surface area (Å²) in [5.41, 5.74) is 2.98. The Labute approximate surface area is 167 Å². The Kier molecular flexibility index (Phi) is 5.99. The SMILES string of the molecule is CC(C)(C)c1ccc(NC(=O)NCc2ccc(C(O)c3ccsc3)s2)cc1. The largest absolute Gasteiger partial charge is 0.383 e. The van der Waals surface area contributed by atoms with Gasteiger partial charge in [0.15, 0.2) is 0 Å². The van der Waals surface area contributed by atoms with Crippen molar-refractivity contribution >= 4 is 34.4 Å². The van der Waals surface area contributed by atoms with Crippen LogP contribution >= 0.6 is 22.7 Å². The number of rotatable bonds is 5. The van der Waals surface area contributed by atoms with Crippen LogP contribution in [0.2, 0.25) is 0 Å². The monoisotopic (exact) mass is 400 g/mol. The van der Waals surface area contributed by atoms with E-state index in [1.54, 1.807) is 11.3 Å². The number of benzene rings is 1. The minimum absolute atomic E-state index is 0.0885. The van der Waals surface area contributed by atoms with Crippen LogP contribution in [0, 0.1) is 0 Å². The number of hydrogen-bond donors (Lipinski definition) is 3. The molecule has 0 fully saturated rings. The van der Waals surface area contributed by atoms with Crippen molar-refractivity contribution in [3.05, 3.63) is 74.1 Å². The summed E-state index contributed by atoms with van der Waals surface area (Å²) in [4.78, 5) is 14.0. The van der Waals surface area contributed by atoms with E-state index in [4.69, 9.17) is 0 Å². The third kappa shape index (κ3) is 5.19. The molecule has 2 heterocycles. The van der Waals surface area contributed by atoms with Crippen LogP contribution in [0.1, 0.15) is 47.8 Å². The second kappa shape index (κ2) is 8.25. The van der Waals surface area contributed by atoms with Gasteiger partial charge in [0.2, 0.25) is 0 Å². The Hall–Kier alpha value is -2.15. The highest BCUT2D eigenvalue weighted by molar-refractivity contribution is 7.12. The van der Waals surface area contributed by atoms with E-state index in [0.29, 0.717) is 6.54 Å². The molecule has 0 aliphatic rings. The van der Waals surface area contributed by atoms with Crippen LogP contribution in [0.4, 0.5) is 10.5 Å². The third-order valence-corrected chi connectivity index (χ3v) is 6.08.